The van der Waals surface area contributed by atoms with Crippen LogP contribution in [0.5, 0.6) is 5.75 Å². The van der Waals surface area contributed by atoms with E-state index in [1.165, 1.54) is 0 Å². The summed E-state index contributed by atoms with van der Waals surface area (Å²) in [6, 6.07) is 3.66. The highest BCUT2D eigenvalue weighted by atomic mass is 79.9. The molecule has 0 N–H and O–H groups in total. The maximum atomic E-state index is 5.97. The van der Waals surface area contributed by atoms with Gasteiger partial charge < -0.3 is 9.47 Å². The number of halogens is 2. The Morgan fingerprint density at radius 1 is 1.38 bits per heavy atom. The van der Waals surface area contributed by atoms with E-state index in [9.17, 15) is 0 Å². The molecule has 1 rings (SSSR count). The molecule has 72 valence electrons. The normalized spacial score (nSPS) is 10.2. The van der Waals surface area contributed by atoms with E-state index in [2.05, 4.69) is 15.9 Å². The zero-order valence-electron chi connectivity index (χ0n) is 7.43. The quantitative estimate of drug-likeness (QED) is 0.835. The molecule has 1 aromatic rings. The van der Waals surface area contributed by atoms with Crippen LogP contribution in [0.15, 0.2) is 16.6 Å². The lowest BCUT2D eigenvalue weighted by Gasteiger charge is -2.08. The molecule has 0 spiro atoms. The molecule has 4 heteroatoms. The SMILES string of the molecule is COCc1cc(OC)c(Br)cc1Cl. The third kappa shape index (κ3) is 2.59. The summed E-state index contributed by atoms with van der Waals surface area (Å²) < 4.78 is 11.0. The third-order valence-corrected chi connectivity index (χ3v) is 2.59. The fraction of sp³-hybridized carbons (Fsp3) is 0.333. The van der Waals surface area contributed by atoms with Gasteiger partial charge in [0.2, 0.25) is 0 Å². The van der Waals surface area contributed by atoms with Crippen LogP contribution in [0.3, 0.4) is 0 Å². The van der Waals surface area contributed by atoms with Crippen LogP contribution >= 0.6 is 27.5 Å². The lowest BCUT2D eigenvalue weighted by molar-refractivity contribution is 0.184. The van der Waals surface area contributed by atoms with Crippen LogP contribution in [0.4, 0.5) is 0 Å². The molecule has 0 amide bonds. The average molecular weight is 266 g/mol. The summed E-state index contributed by atoms with van der Waals surface area (Å²) >= 11 is 9.31. The number of benzene rings is 1. The standard InChI is InChI=1S/C9H10BrClO2/c1-12-5-6-3-9(13-2)7(10)4-8(6)11/h3-4H,5H2,1-2H3. The van der Waals surface area contributed by atoms with Crippen molar-refractivity contribution >= 4 is 27.5 Å². The summed E-state index contributed by atoms with van der Waals surface area (Å²) in [7, 11) is 3.25. The van der Waals surface area contributed by atoms with Gasteiger partial charge in [0.1, 0.15) is 5.75 Å². The molecule has 0 aliphatic heterocycles. The molecule has 0 saturated heterocycles. The van der Waals surface area contributed by atoms with E-state index in [0.717, 1.165) is 15.8 Å². The van der Waals surface area contributed by atoms with Gasteiger partial charge in [-0.3, -0.25) is 0 Å². The van der Waals surface area contributed by atoms with Crippen molar-refractivity contribution in [3.05, 3.63) is 27.2 Å². The topological polar surface area (TPSA) is 18.5 Å². The Morgan fingerprint density at radius 3 is 2.62 bits per heavy atom. The molecule has 0 aliphatic rings. The Bertz CT molecular complexity index is 302. The predicted octanol–water partition coefficient (Wildman–Crippen LogP) is 3.26. The zero-order chi connectivity index (χ0) is 9.84. The molecular weight excluding hydrogens is 255 g/mol. The molecule has 0 heterocycles. The summed E-state index contributed by atoms with van der Waals surface area (Å²) in [5.74, 6) is 0.761. The number of rotatable bonds is 3. The van der Waals surface area contributed by atoms with E-state index in [0.29, 0.717) is 11.6 Å². The summed E-state index contributed by atoms with van der Waals surface area (Å²) in [6.07, 6.45) is 0. The lowest BCUT2D eigenvalue weighted by Crippen LogP contribution is -1.92. The second kappa shape index (κ2) is 4.84. The average Bonchev–Trinajstić information content (AvgIpc) is 2.10. The molecule has 0 unspecified atom stereocenters. The highest BCUT2D eigenvalue weighted by Crippen LogP contribution is 2.31. The van der Waals surface area contributed by atoms with Crippen LogP contribution < -0.4 is 4.74 Å². The molecule has 0 radical (unpaired) electrons. The van der Waals surface area contributed by atoms with E-state index in [1.807, 2.05) is 6.07 Å². The van der Waals surface area contributed by atoms with Crippen molar-refractivity contribution in [1.82, 2.24) is 0 Å². The van der Waals surface area contributed by atoms with Gasteiger partial charge in [0.15, 0.2) is 0 Å². The molecule has 0 bridgehead atoms. The second-order valence-electron chi connectivity index (χ2n) is 2.51. The van der Waals surface area contributed by atoms with Gasteiger partial charge in [-0.05, 0) is 28.1 Å². The smallest absolute Gasteiger partial charge is 0.133 e. The molecule has 0 fully saturated rings. The highest BCUT2D eigenvalue weighted by molar-refractivity contribution is 9.10. The van der Waals surface area contributed by atoms with Crippen molar-refractivity contribution in [3.63, 3.8) is 0 Å². The first-order chi connectivity index (χ1) is 6.19. The van der Waals surface area contributed by atoms with Crippen LogP contribution in [-0.2, 0) is 11.3 Å². The molecule has 0 aliphatic carbocycles. The van der Waals surface area contributed by atoms with E-state index in [4.69, 9.17) is 21.1 Å². The summed E-state index contributed by atoms with van der Waals surface area (Å²) in [6.45, 7) is 0.489. The maximum Gasteiger partial charge on any atom is 0.133 e. The highest BCUT2D eigenvalue weighted by Gasteiger charge is 2.06. The van der Waals surface area contributed by atoms with Crippen LogP contribution in [-0.4, -0.2) is 14.2 Å². The van der Waals surface area contributed by atoms with E-state index in [1.54, 1.807) is 20.3 Å². The zero-order valence-corrected chi connectivity index (χ0v) is 9.78. The predicted molar refractivity (Wildman–Crippen MR) is 56.4 cm³/mol. The van der Waals surface area contributed by atoms with Crippen LogP contribution in [0.25, 0.3) is 0 Å². The van der Waals surface area contributed by atoms with Gasteiger partial charge in [-0.2, -0.15) is 0 Å². The van der Waals surface area contributed by atoms with Crippen molar-refractivity contribution in [2.45, 2.75) is 6.61 Å². The van der Waals surface area contributed by atoms with Gasteiger partial charge in [-0.1, -0.05) is 11.6 Å². The third-order valence-electron chi connectivity index (χ3n) is 1.62. The van der Waals surface area contributed by atoms with Gasteiger partial charge in [-0.25, -0.2) is 0 Å². The fourth-order valence-corrected chi connectivity index (χ4v) is 1.85. The minimum Gasteiger partial charge on any atom is -0.496 e. The lowest BCUT2D eigenvalue weighted by atomic mass is 10.2. The number of methoxy groups -OCH3 is 2. The Balaban J connectivity index is 3.06. The van der Waals surface area contributed by atoms with Gasteiger partial charge in [0.25, 0.3) is 0 Å². The summed E-state index contributed by atoms with van der Waals surface area (Å²) in [5.41, 5.74) is 0.921. The summed E-state index contributed by atoms with van der Waals surface area (Å²) in [4.78, 5) is 0. The van der Waals surface area contributed by atoms with Crippen molar-refractivity contribution in [1.29, 1.82) is 0 Å². The Morgan fingerprint density at radius 2 is 2.08 bits per heavy atom. The molecular formula is C9H10BrClO2. The molecule has 0 aromatic heterocycles. The monoisotopic (exact) mass is 264 g/mol. The number of ether oxygens (including phenoxy) is 2. The molecule has 1 aromatic carbocycles. The van der Waals surface area contributed by atoms with E-state index >= 15 is 0 Å². The molecule has 13 heavy (non-hydrogen) atoms. The Hall–Kier alpha value is -0.250. The van der Waals surface area contributed by atoms with Crippen molar-refractivity contribution in [3.8, 4) is 5.75 Å². The first-order valence-corrected chi connectivity index (χ1v) is 4.87. The minimum atomic E-state index is 0.489. The van der Waals surface area contributed by atoms with Crippen molar-refractivity contribution < 1.29 is 9.47 Å². The van der Waals surface area contributed by atoms with Crippen LogP contribution in [0, 0.1) is 0 Å². The van der Waals surface area contributed by atoms with Gasteiger partial charge in [0.05, 0.1) is 18.2 Å². The first kappa shape index (κ1) is 10.8. The van der Waals surface area contributed by atoms with Crippen molar-refractivity contribution in [2.75, 3.05) is 14.2 Å². The van der Waals surface area contributed by atoms with Crippen molar-refractivity contribution in [2.24, 2.45) is 0 Å². The number of hydrogen-bond acceptors (Lipinski definition) is 2. The van der Waals surface area contributed by atoms with Crippen LogP contribution in [0.1, 0.15) is 5.56 Å². The van der Waals surface area contributed by atoms with Gasteiger partial charge in [0, 0.05) is 17.7 Å². The number of hydrogen-bond donors (Lipinski definition) is 0. The van der Waals surface area contributed by atoms with Gasteiger partial charge in [-0.15, -0.1) is 0 Å². The molecule has 2 nitrogen and oxygen atoms in total. The second-order valence-corrected chi connectivity index (χ2v) is 3.77. The first-order valence-electron chi connectivity index (χ1n) is 3.70. The van der Waals surface area contributed by atoms with Gasteiger partial charge >= 0.3 is 0 Å². The molecule has 0 atom stereocenters. The fourth-order valence-electron chi connectivity index (χ4n) is 0.994. The minimum absolute atomic E-state index is 0.489. The largest absolute Gasteiger partial charge is 0.496 e. The Kier molecular flexibility index (Phi) is 4.03. The van der Waals surface area contributed by atoms with Crippen LogP contribution in [0.2, 0.25) is 5.02 Å². The maximum absolute atomic E-state index is 5.97. The molecule has 0 saturated carbocycles. The Labute approximate surface area is 90.9 Å². The van der Waals surface area contributed by atoms with E-state index < -0.39 is 0 Å². The van der Waals surface area contributed by atoms with E-state index in [-0.39, 0.29) is 0 Å². The summed E-state index contributed by atoms with van der Waals surface area (Å²) in [5, 5.41) is 0.675.